The van der Waals surface area contributed by atoms with Crippen molar-refractivity contribution in [2.75, 3.05) is 7.11 Å². The number of likely N-dealkylation sites (tertiary alicyclic amines) is 1. The lowest BCUT2D eigenvalue weighted by Crippen LogP contribution is -2.77. The summed E-state index contributed by atoms with van der Waals surface area (Å²) in [4.78, 5) is 64.7. The van der Waals surface area contributed by atoms with Gasteiger partial charge in [-0.25, -0.2) is 4.79 Å². The normalized spacial score (nSPS) is 21.8. The number of hydrogen-bond acceptors (Lipinski definition) is 8. The number of ether oxygens (including phenoxy) is 2. The van der Waals surface area contributed by atoms with Crippen LogP contribution in [0, 0.1) is 0 Å². The number of carbonyl (C=O) groups excluding carboxylic acids is 5. The zero-order chi connectivity index (χ0) is 22.4. The highest BCUT2D eigenvalue weighted by atomic mass is 35.7. The molecule has 1 aromatic carbocycles. The van der Waals surface area contributed by atoms with E-state index in [2.05, 4.69) is 0 Å². The van der Waals surface area contributed by atoms with Crippen LogP contribution < -0.4 is 0 Å². The van der Waals surface area contributed by atoms with Crippen LogP contribution in [0.25, 0.3) is 0 Å². The fraction of sp³-hybridized carbons (Fsp3) is 0.421. The third-order valence-corrected chi connectivity index (χ3v) is 6.82. The summed E-state index contributed by atoms with van der Waals surface area (Å²) in [6.45, 7) is 4.34. The molecule has 0 spiro atoms. The highest BCUT2D eigenvalue weighted by molar-refractivity contribution is 8.22. The molecule has 3 unspecified atom stereocenters. The topological polar surface area (TPSA) is 110 Å². The predicted molar refractivity (Wildman–Crippen MR) is 106 cm³/mol. The summed E-state index contributed by atoms with van der Waals surface area (Å²) in [6.07, 6.45) is -1.36. The minimum atomic E-state index is -1.40. The van der Waals surface area contributed by atoms with Crippen molar-refractivity contribution in [2.45, 2.75) is 43.8 Å². The Hall–Kier alpha value is -2.59. The average Bonchev–Trinajstić information content (AvgIpc) is 2.96. The molecule has 2 heterocycles. The van der Waals surface area contributed by atoms with Crippen molar-refractivity contribution < 1.29 is 33.4 Å². The van der Waals surface area contributed by atoms with Crippen molar-refractivity contribution in [3.63, 3.8) is 0 Å². The van der Waals surface area contributed by atoms with E-state index in [4.69, 9.17) is 20.2 Å². The van der Waals surface area contributed by atoms with E-state index in [-0.39, 0.29) is 11.1 Å². The van der Waals surface area contributed by atoms with Gasteiger partial charge < -0.3 is 9.47 Å². The number of benzene rings is 1. The molecule has 9 nitrogen and oxygen atoms in total. The molecule has 0 bridgehead atoms. The molecule has 30 heavy (non-hydrogen) atoms. The Morgan fingerprint density at radius 1 is 1.13 bits per heavy atom. The van der Waals surface area contributed by atoms with E-state index in [1.165, 1.54) is 12.1 Å². The third-order valence-electron chi connectivity index (χ3n) is 5.00. The van der Waals surface area contributed by atoms with Gasteiger partial charge in [0.2, 0.25) is 6.23 Å². The van der Waals surface area contributed by atoms with Gasteiger partial charge >= 0.3 is 11.9 Å². The molecule has 2 aliphatic rings. The smallest absolute Gasteiger partial charge is 0.330 e. The second-order valence-corrected chi connectivity index (χ2v) is 8.99. The van der Waals surface area contributed by atoms with Gasteiger partial charge in [0.25, 0.3) is 17.7 Å². The predicted octanol–water partition coefficient (Wildman–Crippen LogP) is 1.59. The van der Waals surface area contributed by atoms with Crippen LogP contribution >= 0.6 is 21.7 Å². The van der Waals surface area contributed by atoms with Gasteiger partial charge in [-0.15, -0.1) is 0 Å². The van der Waals surface area contributed by atoms with Crippen molar-refractivity contribution in [1.29, 1.82) is 0 Å². The summed E-state index contributed by atoms with van der Waals surface area (Å²) >= 11 is 0. The molecule has 3 rings (SSSR count). The van der Waals surface area contributed by atoms with Crippen molar-refractivity contribution in [1.82, 2.24) is 9.80 Å². The first-order chi connectivity index (χ1) is 14.1. The Labute approximate surface area is 181 Å². The zero-order valence-corrected chi connectivity index (χ0v) is 18.2. The van der Waals surface area contributed by atoms with E-state index in [1.54, 1.807) is 26.0 Å². The standard InChI is InChI=1S/C19H19ClN2O7S/c1-9(23)29-17-12(21-14(24)10-7-5-6-8-11(10)15(21)25)16(26)22(17)13(18(27)28-4)19(2,3)30-20/h5-8,12-13,17H,1-4H3. The number of esters is 2. The van der Waals surface area contributed by atoms with Crippen molar-refractivity contribution in [3.05, 3.63) is 35.4 Å². The molecule has 1 aromatic rings. The van der Waals surface area contributed by atoms with E-state index in [0.29, 0.717) is 0 Å². The molecule has 0 aromatic heterocycles. The highest BCUT2D eigenvalue weighted by Gasteiger charge is 2.63. The van der Waals surface area contributed by atoms with Crippen LogP contribution in [-0.4, -0.2) is 69.6 Å². The zero-order valence-electron chi connectivity index (χ0n) is 16.6. The van der Waals surface area contributed by atoms with Crippen LogP contribution in [-0.2, 0) is 23.9 Å². The van der Waals surface area contributed by atoms with Crippen LogP contribution in [0.4, 0.5) is 0 Å². The van der Waals surface area contributed by atoms with E-state index in [9.17, 15) is 24.0 Å². The summed E-state index contributed by atoms with van der Waals surface area (Å²) in [5.74, 6) is -3.61. The van der Waals surface area contributed by atoms with Gasteiger partial charge in [-0.1, -0.05) is 12.1 Å². The number of rotatable bonds is 6. The Morgan fingerprint density at radius 3 is 2.10 bits per heavy atom. The van der Waals surface area contributed by atoms with Crippen LogP contribution in [0.5, 0.6) is 0 Å². The molecule has 1 saturated heterocycles. The number of β-lactam (4-membered cyclic amide) rings is 1. The van der Waals surface area contributed by atoms with Gasteiger partial charge in [-0.2, -0.15) is 0 Å². The molecular formula is C19H19ClN2O7S. The maximum atomic E-state index is 13.1. The number of carbonyl (C=O) groups is 5. The van der Waals surface area contributed by atoms with Crippen LogP contribution in [0.2, 0.25) is 0 Å². The second-order valence-electron chi connectivity index (χ2n) is 7.32. The average molecular weight is 455 g/mol. The molecule has 3 atom stereocenters. The van der Waals surface area contributed by atoms with Crippen LogP contribution in [0.1, 0.15) is 41.5 Å². The lowest BCUT2D eigenvalue weighted by atomic mass is 9.92. The largest absolute Gasteiger partial charge is 0.467 e. The summed E-state index contributed by atoms with van der Waals surface area (Å²) in [5.41, 5.74) is 0.299. The third kappa shape index (κ3) is 3.33. The monoisotopic (exact) mass is 454 g/mol. The number of halogens is 1. The van der Waals surface area contributed by atoms with Crippen molar-refractivity contribution in [3.8, 4) is 0 Å². The number of methoxy groups -OCH3 is 1. The molecule has 0 aliphatic carbocycles. The first-order valence-electron chi connectivity index (χ1n) is 8.90. The molecular weight excluding hydrogens is 436 g/mol. The number of nitrogens with zero attached hydrogens (tertiary/aromatic N) is 2. The lowest BCUT2D eigenvalue weighted by molar-refractivity contribution is -0.207. The van der Waals surface area contributed by atoms with E-state index in [0.717, 1.165) is 34.8 Å². The SMILES string of the molecule is COC(=O)C(N1C(=O)C(N2C(=O)c3ccccc3C2=O)C1OC(C)=O)C(C)(C)SCl. The fourth-order valence-corrected chi connectivity index (χ4v) is 4.17. The fourth-order valence-electron chi connectivity index (χ4n) is 3.62. The number of hydrogen-bond donors (Lipinski definition) is 0. The van der Waals surface area contributed by atoms with Crippen molar-refractivity contribution in [2.24, 2.45) is 0 Å². The van der Waals surface area contributed by atoms with Gasteiger partial charge in [0.05, 0.1) is 23.0 Å². The van der Waals surface area contributed by atoms with Gasteiger partial charge in [-0.05, 0) is 47.6 Å². The number of fused-ring (bicyclic) bond motifs is 1. The van der Waals surface area contributed by atoms with Gasteiger partial charge in [-0.3, -0.25) is 29.0 Å². The van der Waals surface area contributed by atoms with E-state index in [1.807, 2.05) is 0 Å². The van der Waals surface area contributed by atoms with Crippen LogP contribution in [0.15, 0.2) is 24.3 Å². The molecule has 11 heteroatoms. The van der Waals surface area contributed by atoms with Gasteiger partial charge in [0.15, 0.2) is 6.04 Å². The van der Waals surface area contributed by atoms with E-state index < -0.39 is 52.7 Å². The maximum Gasteiger partial charge on any atom is 0.330 e. The molecule has 3 amide bonds. The van der Waals surface area contributed by atoms with Gasteiger partial charge in [0, 0.05) is 6.92 Å². The van der Waals surface area contributed by atoms with Gasteiger partial charge in [0.1, 0.15) is 6.04 Å². The first-order valence-corrected chi connectivity index (χ1v) is 10.5. The van der Waals surface area contributed by atoms with Crippen molar-refractivity contribution >= 4 is 51.3 Å². The molecule has 1 fully saturated rings. The Balaban J connectivity index is 2.01. The Bertz CT molecular complexity index is 916. The molecule has 0 radical (unpaired) electrons. The Kier molecular flexibility index (Phi) is 5.83. The maximum absolute atomic E-state index is 13.1. The number of imide groups is 1. The summed E-state index contributed by atoms with van der Waals surface area (Å²) in [7, 11) is 7.87. The second kappa shape index (κ2) is 7.92. The first kappa shape index (κ1) is 22.1. The number of amides is 3. The summed E-state index contributed by atoms with van der Waals surface area (Å²) in [5, 5.41) is 0. The minimum absolute atomic E-state index is 0.150. The molecule has 0 saturated carbocycles. The molecule has 2 aliphatic heterocycles. The summed E-state index contributed by atoms with van der Waals surface area (Å²) < 4.78 is 9.05. The minimum Gasteiger partial charge on any atom is -0.467 e. The Morgan fingerprint density at radius 2 is 1.67 bits per heavy atom. The summed E-state index contributed by atoms with van der Waals surface area (Å²) in [6, 6.07) is 3.51. The van der Waals surface area contributed by atoms with E-state index >= 15 is 0 Å². The molecule has 0 N–H and O–H groups in total. The highest BCUT2D eigenvalue weighted by Crippen LogP contribution is 2.41. The van der Waals surface area contributed by atoms with Crippen LogP contribution in [0.3, 0.4) is 0 Å². The lowest BCUT2D eigenvalue weighted by Gasteiger charge is -2.52. The molecule has 160 valence electrons. The quantitative estimate of drug-likeness (QED) is 0.362.